The van der Waals surface area contributed by atoms with E-state index in [2.05, 4.69) is 10.1 Å². The van der Waals surface area contributed by atoms with Crippen molar-refractivity contribution < 1.29 is 32.2 Å². The van der Waals surface area contributed by atoms with E-state index in [1.54, 1.807) is 45.9 Å². The van der Waals surface area contributed by atoms with Gasteiger partial charge in [-0.3, -0.25) is 4.98 Å². The number of rotatable bonds is 8. The zero-order valence-electron chi connectivity index (χ0n) is 19.0. The van der Waals surface area contributed by atoms with Crippen molar-refractivity contribution in [3.63, 3.8) is 0 Å². The minimum absolute atomic E-state index is 0.0865. The van der Waals surface area contributed by atoms with Crippen LogP contribution in [0.4, 0.5) is 13.2 Å². The van der Waals surface area contributed by atoms with E-state index in [0.29, 0.717) is 17.1 Å². The molecule has 0 spiro atoms. The molecule has 0 aliphatic carbocycles. The van der Waals surface area contributed by atoms with Gasteiger partial charge in [-0.15, -0.1) is 5.10 Å². The number of aromatic nitrogens is 3. The SMILES string of the molecule is CCOC(=O)C(C)(C)Oc1ccc(OCc2nn(-c3ccc(C(F)(F)F)cc3)c(=O)[nH]2)cc1C. The first-order valence-electron chi connectivity index (χ1n) is 10.4. The highest BCUT2D eigenvalue weighted by atomic mass is 19.4. The number of carbonyl (C=O) groups excluding carboxylic acids is 1. The monoisotopic (exact) mass is 479 g/mol. The second-order valence-corrected chi connectivity index (χ2v) is 7.88. The summed E-state index contributed by atoms with van der Waals surface area (Å²) in [6.07, 6.45) is -4.47. The summed E-state index contributed by atoms with van der Waals surface area (Å²) in [6, 6.07) is 9.06. The van der Waals surface area contributed by atoms with E-state index in [1.807, 2.05) is 0 Å². The summed E-state index contributed by atoms with van der Waals surface area (Å²) in [7, 11) is 0. The van der Waals surface area contributed by atoms with Crippen molar-refractivity contribution in [2.75, 3.05) is 6.61 Å². The maximum absolute atomic E-state index is 12.7. The third-order valence-electron chi connectivity index (χ3n) is 4.76. The number of nitrogens with zero attached hydrogens (tertiary/aromatic N) is 2. The predicted octanol–water partition coefficient (Wildman–Crippen LogP) is 4.19. The average molecular weight is 479 g/mol. The molecule has 0 atom stereocenters. The van der Waals surface area contributed by atoms with Gasteiger partial charge < -0.3 is 14.2 Å². The number of hydrogen-bond acceptors (Lipinski definition) is 6. The molecule has 1 heterocycles. The van der Waals surface area contributed by atoms with Crippen LogP contribution in [-0.2, 0) is 22.3 Å². The van der Waals surface area contributed by atoms with Crippen molar-refractivity contribution >= 4 is 5.97 Å². The summed E-state index contributed by atoms with van der Waals surface area (Å²) in [6.45, 7) is 6.87. The Morgan fingerprint density at radius 1 is 1.12 bits per heavy atom. The van der Waals surface area contributed by atoms with Crippen molar-refractivity contribution in [3.05, 3.63) is 69.9 Å². The average Bonchev–Trinajstić information content (AvgIpc) is 3.14. The highest BCUT2D eigenvalue weighted by Crippen LogP contribution is 2.30. The first-order valence-corrected chi connectivity index (χ1v) is 10.4. The summed E-state index contributed by atoms with van der Waals surface area (Å²) in [5.74, 6) is 0.641. The number of ether oxygens (including phenoxy) is 3. The lowest BCUT2D eigenvalue weighted by Crippen LogP contribution is -2.39. The lowest BCUT2D eigenvalue weighted by molar-refractivity contribution is -0.158. The molecule has 0 radical (unpaired) electrons. The zero-order valence-corrected chi connectivity index (χ0v) is 19.0. The van der Waals surface area contributed by atoms with E-state index in [-0.39, 0.29) is 24.7 Å². The molecule has 0 amide bonds. The molecule has 34 heavy (non-hydrogen) atoms. The summed E-state index contributed by atoms with van der Waals surface area (Å²) in [4.78, 5) is 26.7. The van der Waals surface area contributed by atoms with Gasteiger partial charge in [0.2, 0.25) is 0 Å². The minimum atomic E-state index is -4.47. The normalized spacial score (nSPS) is 11.9. The van der Waals surface area contributed by atoms with Crippen LogP contribution in [0, 0.1) is 6.92 Å². The lowest BCUT2D eigenvalue weighted by atomic mass is 10.1. The molecule has 1 N–H and O–H groups in total. The van der Waals surface area contributed by atoms with E-state index in [9.17, 15) is 22.8 Å². The number of alkyl halides is 3. The molecule has 0 aliphatic rings. The molecule has 0 saturated carbocycles. The van der Waals surface area contributed by atoms with Gasteiger partial charge in [-0.2, -0.15) is 17.9 Å². The van der Waals surface area contributed by atoms with Crippen molar-refractivity contribution in [3.8, 4) is 17.2 Å². The zero-order chi connectivity index (χ0) is 25.1. The molecule has 0 saturated heterocycles. The van der Waals surface area contributed by atoms with Crippen LogP contribution in [0.3, 0.4) is 0 Å². The van der Waals surface area contributed by atoms with Crippen molar-refractivity contribution in [2.45, 2.75) is 46.1 Å². The molecule has 11 heteroatoms. The van der Waals surface area contributed by atoms with Crippen molar-refractivity contribution in [1.82, 2.24) is 14.8 Å². The molecule has 2 aromatic carbocycles. The Hall–Kier alpha value is -3.76. The molecular weight excluding hydrogens is 455 g/mol. The van der Waals surface area contributed by atoms with Gasteiger partial charge in [0, 0.05) is 0 Å². The summed E-state index contributed by atoms with van der Waals surface area (Å²) in [5.41, 5.74) is -1.72. The number of carbonyl (C=O) groups is 1. The smallest absolute Gasteiger partial charge is 0.416 e. The Morgan fingerprint density at radius 2 is 1.79 bits per heavy atom. The van der Waals surface area contributed by atoms with Gasteiger partial charge >= 0.3 is 17.8 Å². The molecule has 0 fully saturated rings. The van der Waals surface area contributed by atoms with E-state index < -0.39 is 29.0 Å². The van der Waals surface area contributed by atoms with Crippen LogP contribution in [0.5, 0.6) is 11.5 Å². The molecule has 0 aliphatic heterocycles. The Kier molecular flexibility index (Phi) is 7.04. The molecular formula is C23H24F3N3O5. The van der Waals surface area contributed by atoms with Crippen LogP contribution in [0.15, 0.2) is 47.3 Å². The van der Waals surface area contributed by atoms with E-state index in [4.69, 9.17) is 14.2 Å². The number of hydrogen-bond donors (Lipinski definition) is 1. The molecule has 8 nitrogen and oxygen atoms in total. The Labute approximate surface area is 193 Å². The number of benzene rings is 2. The van der Waals surface area contributed by atoms with Gasteiger partial charge in [0.05, 0.1) is 17.9 Å². The van der Waals surface area contributed by atoms with Gasteiger partial charge in [0.1, 0.15) is 18.1 Å². The maximum atomic E-state index is 12.7. The minimum Gasteiger partial charge on any atom is -0.486 e. The standard InChI is InChI=1S/C23H24F3N3O5/c1-5-32-20(30)22(3,4)34-18-11-10-17(12-14(18)2)33-13-19-27-21(31)29(28-19)16-8-6-15(7-9-16)23(24,25)26/h6-12H,5,13H2,1-4H3,(H,27,28,31). The Morgan fingerprint density at radius 3 is 2.38 bits per heavy atom. The van der Waals surface area contributed by atoms with E-state index in [0.717, 1.165) is 28.9 Å². The first kappa shape index (κ1) is 24.9. The van der Waals surface area contributed by atoms with Gasteiger partial charge in [-0.25, -0.2) is 9.59 Å². The Balaban J connectivity index is 1.68. The first-order chi connectivity index (χ1) is 15.9. The number of halogens is 3. The van der Waals surface area contributed by atoms with Crippen LogP contribution < -0.4 is 15.2 Å². The fourth-order valence-electron chi connectivity index (χ4n) is 3.00. The number of H-pyrrole nitrogens is 1. The van der Waals surface area contributed by atoms with Crippen molar-refractivity contribution in [2.24, 2.45) is 0 Å². The molecule has 1 aromatic heterocycles. The third-order valence-corrected chi connectivity index (χ3v) is 4.76. The molecule has 3 aromatic rings. The van der Waals surface area contributed by atoms with Gasteiger partial charge in [0.15, 0.2) is 11.4 Å². The van der Waals surface area contributed by atoms with Gasteiger partial charge in [0.25, 0.3) is 0 Å². The molecule has 182 valence electrons. The van der Waals surface area contributed by atoms with Gasteiger partial charge in [-0.1, -0.05) is 0 Å². The van der Waals surface area contributed by atoms with Crippen LogP contribution in [0.2, 0.25) is 0 Å². The molecule has 0 unspecified atom stereocenters. The lowest BCUT2D eigenvalue weighted by Gasteiger charge is -2.25. The number of nitrogens with one attached hydrogen (secondary N) is 1. The van der Waals surface area contributed by atoms with E-state index in [1.165, 1.54) is 0 Å². The number of aryl methyl sites for hydroxylation is 1. The summed E-state index contributed by atoms with van der Waals surface area (Å²) < 4.78 is 55.6. The van der Waals surface area contributed by atoms with E-state index >= 15 is 0 Å². The third kappa shape index (κ3) is 5.77. The highest BCUT2D eigenvalue weighted by Gasteiger charge is 2.32. The second kappa shape index (κ2) is 9.62. The van der Waals surface area contributed by atoms with Gasteiger partial charge in [-0.05, 0) is 75.7 Å². The fourth-order valence-corrected chi connectivity index (χ4v) is 3.00. The second-order valence-electron chi connectivity index (χ2n) is 7.88. The van der Waals surface area contributed by atoms with Crippen LogP contribution in [0.1, 0.15) is 37.7 Å². The van der Waals surface area contributed by atoms with Crippen LogP contribution in [-0.4, -0.2) is 32.9 Å². The number of esters is 1. The predicted molar refractivity (Wildman–Crippen MR) is 116 cm³/mol. The quantitative estimate of drug-likeness (QED) is 0.487. The summed E-state index contributed by atoms with van der Waals surface area (Å²) in [5, 5.41) is 4.08. The van der Waals surface area contributed by atoms with Crippen LogP contribution >= 0.6 is 0 Å². The van der Waals surface area contributed by atoms with Crippen LogP contribution in [0.25, 0.3) is 5.69 Å². The number of aromatic amines is 1. The topological polar surface area (TPSA) is 95.4 Å². The fraction of sp³-hybridized carbons (Fsp3) is 0.348. The maximum Gasteiger partial charge on any atom is 0.416 e. The largest absolute Gasteiger partial charge is 0.486 e. The summed E-state index contributed by atoms with van der Waals surface area (Å²) >= 11 is 0. The highest BCUT2D eigenvalue weighted by molar-refractivity contribution is 5.79. The van der Waals surface area contributed by atoms with Crippen molar-refractivity contribution in [1.29, 1.82) is 0 Å². The Bertz CT molecular complexity index is 1210. The molecule has 0 bridgehead atoms. The molecule has 3 rings (SSSR count).